The second kappa shape index (κ2) is 9.18. The van der Waals surface area contributed by atoms with Crippen LogP contribution in [0.25, 0.3) is 11.6 Å². The normalized spacial score (nSPS) is 21.1. The number of benzene rings is 1. The molecule has 1 saturated carbocycles. The molecule has 1 aromatic heterocycles. The Bertz CT molecular complexity index is 1130. The molecule has 0 bridgehead atoms. The molecule has 164 valence electrons. The van der Waals surface area contributed by atoms with Crippen LogP contribution < -0.4 is 15.9 Å². The summed E-state index contributed by atoms with van der Waals surface area (Å²) in [4.78, 5) is 13.2. The lowest BCUT2D eigenvalue weighted by Crippen LogP contribution is -2.46. The van der Waals surface area contributed by atoms with Gasteiger partial charge < -0.3 is 15.0 Å². The zero-order valence-electron chi connectivity index (χ0n) is 17.7. The van der Waals surface area contributed by atoms with Crippen molar-refractivity contribution in [1.29, 1.82) is 0 Å². The lowest BCUT2D eigenvalue weighted by atomic mass is 9.92. The highest BCUT2D eigenvalue weighted by Gasteiger charge is 2.26. The summed E-state index contributed by atoms with van der Waals surface area (Å²) in [5.74, 6) is -1.97. The van der Waals surface area contributed by atoms with E-state index in [1.807, 2.05) is 23.6 Å². The van der Waals surface area contributed by atoms with Crippen molar-refractivity contribution in [3.8, 4) is 0 Å². The molecule has 1 aromatic carbocycles. The number of nitrogens with one attached hydrogen (secondary N) is 1. The second-order valence-corrected chi connectivity index (χ2v) is 8.52. The molecule has 0 spiro atoms. The molecule has 4 rings (SSSR count). The fraction of sp³-hybridized carbons (Fsp3) is 0.400. The number of amides is 1. The minimum atomic E-state index is -0.886. The van der Waals surface area contributed by atoms with Crippen LogP contribution in [-0.4, -0.2) is 27.7 Å². The molecular formula is C25H28F2N2O2. The van der Waals surface area contributed by atoms with E-state index in [1.165, 1.54) is 6.07 Å². The molecule has 2 aliphatic rings. The summed E-state index contributed by atoms with van der Waals surface area (Å²) in [6.07, 6.45) is 12.4. The van der Waals surface area contributed by atoms with Crippen LogP contribution in [0.1, 0.15) is 61.4 Å². The van der Waals surface area contributed by atoms with Crippen LogP contribution in [0.4, 0.5) is 8.78 Å². The molecule has 6 heteroatoms. The first-order valence-electron chi connectivity index (χ1n) is 10.9. The van der Waals surface area contributed by atoms with Gasteiger partial charge in [-0.3, -0.25) is 4.79 Å². The van der Waals surface area contributed by atoms with Crippen LogP contribution in [0.2, 0.25) is 0 Å². The molecule has 2 N–H and O–H groups in total. The van der Waals surface area contributed by atoms with Gasteiger partial charge in [0.15, 0.2) is 11.6 Å². The van der Waals surface area contributed by atoms with Gasteiger partial charge in [-0.1, -0.05) is 36.6 Å². The van der Waals surface area contributed by atoms with Gasteiger partial charge >= 0.3 is 0 Å². The van der Waals surface area contributed by atoms with Crippen molar-refractivity contribution in [2.24, 2.45) is 0 Å². The highest BCUT2D eigenvalue weighted by atomic mass is 19.2. The van der Waals surface area contributed by atoms with Gasteiger partial charge in [0.05, 0.1) is 17.7 Å². The Labute approximate surface area is 180 Å². The zero-order valence-corrected chi connectivity index (χ0v) is 17.7. The SMILES string of the molecule is CC1=c2c(C(=O)NC3CCCCC3O)cn(Cc3ccc(F)c(F)c3)c2=CC=CCC1. The van der Waals surface area contributed by atoms with E-state index < -0.39 is 17.7 Å². The fourth-order valence-electron chi connectivity index (χ4n) is 4.54. The summed E-state index contributed by atoms with van der Waals surface area (Å²) >= 11 is 0. The first kappa shape index (κ1) is 21.5. The number of carbonyl (C=O) groups is 1. The molecule has 0 aliphatic heterocycles. The Morgan fingerprint density at radius 1 is 1.23 bits per heavy atom. The van der Waals surface area contributed by atoms with Gasteiger partial charge in [0.1, 0.15) is 0 Å². The van der Waals surface area contributed by atoms with Crippen molar-refractivity contribution in [1.82, 2.24) is 9.88 Å². The molecule has 1 amide bonds. The van der Waals surface area contributed by atoms with E-state index in [4.69, 9.17) is 0 Å². The number of rotatable bonds is 4. The molecule has 4 nitrogen and oxygen atoms in total. The number of allylic oxidation sites excluding steroid dienone is 2. The number of aromatic nitrogens is 1. The van der Waals surface area contributed by atoms with E-state index in [-0.39, 0.29) is 11.9 Å². The van der Waals surface area contributed by atoms with Gasteiger partial charge in [0.25, 0.3) is 5.91 Å². The van der Waals surface area contributed by atoms with Gasteiger partial charge in [-0.15, -0.1) is 0 Å². The molecule has 2 atom stereocenters. The van der Waals surface area contributed by atoms with E-state index in [9.17, 15) is 18.7 Å². The largest absolute Gasteiger partial charge is 0.391 e. The van der Waals surface area contributed by atoms with E-state index in [0.29, 0.717) is 24.1 Å². The van der Waals surface area contributed by atoms with Crippen molar-refractivity contribution in [2.45, 2.75) is 64.1 Å². The van der Waals surface area contributed by atoms with Gasteiger partial charge in [0, 0.05) is 23.3 Å². The highest BCUT2D eigenvalue weighted by molar-refractivity contribution is 5.95. The summed E-state index contributed by atoms with van der Waals surface area (Å²) in [5.41, 5.74) is 2.27. The topological polar surface area (TPSA) is 54.3 Å². The maximum absolute atomic E-state index is 13.7. The van der Waals surface area contributed by atoms with E-state index in [1.54, 1.807) is 12.3 Å². The molecular weight excluding hydrogens is 398 g/mol. The van der Waals surface area contributed by atoms with Crippen molar-refractivity contribution in [2.75, 3.05) is 0 Å². The monoisotopic (exact) mass is 426 g/mol. The molecule has 0 saturated heterocycles. The molecule has 2 aromatic rings. The average Bonchev–Trinajstić information content (AvgIpc) is 3.08. The first-order chi connectivity index (χ1) is 14.9. The summed E-state index contributed by atoms with van der Waals surface area (Å²) in [6, 6.07) is 3.62. The Morgan fingerprint density at radius 2 is 2.03 bits per heavy atom. The smallest absolute Gasteiger partial charge is 0.253 e. The number of hydrogen-bond acceptors (Lipinski definition) is 2. The second-order valence-electron chi connectivity index (χ2n) is 8.52. The molecule has 1 fully saturated rings. The van der Waals surface area contributed by atoms with Crippen LogP contribution in [0, 0.1) is 11.6 Å². The van der Waals surface area contributed by atoms with Crippen molar-refractivity contribution >= 4 is 17.6 Å². The third kappa shape index (κ3) is 4.64. The third-order valence-electron chi connectivity index (χ3n) is 6.25. The molecule has 1 heterocycles. The third-order valence-corrected chi connectivity index (χ3v) is 6.25. The van der Waals surface area contributed by atoms with Crippen LogP contribution in [0.3, 0.4) is 0 Å². The van der Waals surface area contributed by atoms with E-state index in [0.717, 1.165) is 54.3 Å². The minimum absolute atomic E-state index is 0.205. The quantitative estimate of drug-likeness (QED) is 0.789. The van der Waals surface area contributed by atoms with Crippen molar-refractivity contribution < 1.29 is 18.7 Å². The lowest BCUT2D eigenvalue weighted by molar-refractivity contribution is 0.0716. The highest BCUT2D eigenvalue weighted by Crippen LogP contribution is 2.19. The molecule has 0 radical (unpaired) electrons. The van der Waals surface area contributed by atoms with E-state index in [2.05, 4.69) is 11.4 Å². The standard InChI is InChI=1S/C25H28F2N2O2/c1-16-7-3-2-4-9-22-24(16)18(25(31)28-21-8-5-6-10-23(21)30)15-29(22)14-17-11-12-19(26)20(27)13-17/h2,4,9,11-13,15,21,23,30H,3,5-8,10,14H2,1H3,(H,28,31). The predicted molar refractivity (Wildman–Crippen MR) is 117 cm³/mol. The predicted octanol–water partition coefficient (Wildman–Crippen LogP) is 3.15. The summed E-state index contributed by atoms with van der Waals surface area (Å²) in [7, 11) is 0. The Morgan fingerprint density at radius 3 is 2.81 bits per heavy atom. The molecule has 2 aliphatic carbocycles. The van der Waals surface area contributed by atoms with Crippen LogP contribution in [0.15, 0.2) is 36.5 Å². The number of hydrogen-bond donors (Lipinski definition) is 2. The summed E-state index contributed by atoms with van der Waals surface area (Å²) in [6.45, 7) is 2.34. The summed E-state index contributed by atoms with van der Waals surface area (Å²) in [5, 5.41) is 15.1. The number of halogens is 2. The Balaban J connectivity index is 1.76. The van der Waals surface area contributed by atoms with Gasteiger partial charge in [0.2, 0.25) is 0 Å². The number of nitrogens with zero attached hydrogens (tertiary/aromatic N) is 1. The Kier molecular flexibility index (Phi) is 6.37. The van der Waals surface area contributed by atoms with Crippen molar-refractivity contribution in [3.05, 3.63) is 69.9 Å². The molecule has 31 heavy (non-hydrogen) atoms. The fourth-order valence-corrected chi connectivity index (χ4v) is 4.54. The van der Waals surface area contributed by atoms with Crippen LogP contribution >= 0.6 is 0 Å². The van der Waals surface area contributed by atoms with E-state index >= 15 is 0 Å². The average molecular weight is 427 g/mol. The minimum Gasteiger partial charge on any atom is -0.391 e. The zero-order chi connectivity index (χ0) is 22.0. The van der Waals surface area contributed by atoms with Crippen molar-refractivity contribution in [3.63, 3.8) is 0 Å². The molecule has 2 unspecified atom stereocenters. The van der Waals surface area contributed by atoms with Gasteiger partial charge in [-0.25, -0.2) is 8.78 Å². The number of carbonyl (C=O) groups excluding carboxylic acids is 1. The maximum atomic E-state index is 13.7. The maximum Gasteiger partial charge on any atom is 0.253 e. The number of aliphatic hydroxyl groups is 1. The van der Waals surface area contributed by atoms with Crippen LogP contribution in [0.5, 0.6) is 0 Å². The number of aliphatic hydroxyl groups excluding tert-OH is 1. The van der Waals surface area contributed by atoms with Gasteiger partial charge in [-0.2, -0.15) is 0 Å². The van der Waals surface area contributed by atoms with Crippen LogP contribution in [-0.2, 0) is 6.54 Å². The Hall–Kier alpha value is -2.73. The summed E-state index contributed by atoms with van der Waals surface area (Å²) < 4.78 is 29.0. The lowest BCUT2D eigenvalue weighted by Gasteiger charge is -2.28. The first-order valence-corrected chi connectivity index (χ1v) is 10.9. The number of fused-ring (bicyclic) bond motifs is 1. The van der Waals surface area contributed by atoms with Gasteiger partial charge in [-0.05, 0) is 56.4 Å².